The highest BCUT2D eigenvalue weighted by atomic mass is 16.5. The molecule has 0 bridgehead atoms. The zero-order chi connectivity index (χ0) is 17.9. The van der Waals surface area contributed by atoms with Crippen LogP contribution in [0.25, 0.3) is 0 Å². The molecular weight excluding hydrogens is 324 g/mol. The molecule has 1 N–H and O–H groups in total. The first kappa shape index (κ1) is 17.0. The number of aryl methyl sites for hydroxylation is 1. The van der Waals surface area contributed by atoms with E-state index in [4.69, 9.17) is 9.73 Å². The second kappa shape index (κ2) is 7.42. The van der Waals surface area contributed by atoms with E-state index < -0.39 is 6.23 Å². The third-order valence-electron chi connectivity index (χ3n) is 5.08. The number of fused-ring (bicyclic) bond motifs is 1. The number of nitrogens with zero attached hydrogens (tertiary/aromatic N) is 1. The van der Waals surface area contributed by atoms with Crippen molar-refractivity contribution in [1.29, 1.82) is 0 Å². The number of carbonyl (C=O) groups is 1. The average Bonchev–Trinajstić information content (AvgIpc) is 2.80. The fourth-order valence-corrected chi connectivity index (χ4v) is 3.70. The Morgan fingerprint density at radius 3 is 2.58 bits per heavy atom. The van der Waals surface area contributed by atoms with Crippen molar-refractivity contribution in [3.63, 3.8) is 0 Å². The average molecular weight is 348 g/mol. The molecule has 1 aliphatic carbocycles. The van der Waals surface area contributed by atoms with Crippen molar-refractivity contribution >= 4 is 17.3 Å². The summed E-state index contributed by atoms with van der Waals surface area (Å²) in [7, 11) is 0. The second-order valence-corrected chi connectivity index (χ2v) is 7.13. The maximum absolute atomic E-state index is 12.8. The van der Waals surface area contributed by atoms with Crippen molar-refractivity contribution in [1.82, 2.24) is 0 Å². The van der Waals surface area contributed by atoms with Crippen LogP contribution in [0.15, 0.2) is 53.5 Å². The van der Waals surface area contributed by atoms with Crippen LogP contribution in [0.3, 0.4) is 0 Å². The van der Waals surface area contributed by atoms with Gasteiger partial charge in [0.1, 0.15) is 0 Å². The molecule has 1 atom stereocenters. The van der Waals surface area contributed by atoms with E-state index in [0.717, 1.165) is 53.8 Å². The van der Waals surface area contributed by atoms with E-state index in [9.17, 15) is 4.79 Å². The number of hydrogen-bond acceptors (Lipinski definition) is 3. The number of aliphatic imine (C=N–C) groups is 1. The van der Waals surface area contributed by atoms with Gasteiger partial charge in [-0.2, -0.15) is 0 Å². The molecule has 1 heterocycles. The zero-order valence-electron chi connectivity index (χ0n) is 15.1. The second-order valence-electron chi connectivity index (χ2n) is 7.13. The van der Waals surface area contributed by atoms with Gasteiger partial charge in [-0.15, -0.1) is 0 Å². The van der Waals surface area contributed by atoms with Crippen molar-refractivity contribution in [2.75, 3.05) is 5.32 Å². The van der Waals surface area contributed by atoms with E-state index in [0.29, 0.717) is 0 Å². The van der Waals surface area contributed by atoms with Gasteiger partial charge in [0, 0.05) is 11.1 Å². The summed E-state index contributed by atoms with van der Waals surface area (Å²) >= 11 is 0. The van der Waals surface area contributed by atoms with Gasteiger partial charge in [0.15, 0.2) is 0 Å². The van der Waals surface area contributed by atoms with Crippen LogP contribution in [0.5, 0.6) is 0 Å². The minimum Gasteiger partial charge on any atom is -0.345 e. The predicted octanol–water partition coefficient (Wildman–Crippen LogP) is 4.46. The molecule has 0 saturated heterocycles. The lowest BCUT2D eigenvalue weighted by atomic mass is 9.98. The largest absolute Gasteiger partial charge is 0.345 e. The quantitative estimate of drug-likeness (QED) is 0.890. The molecule has 2 aromatic carbocycles. The van der Waals surface area contributed by atoms with Gasteiger partial charge in [-0.3, -0.25) is 4.79 Å². The van der Waals surface area contributed by atoms with Crippen molar-refractivity contribution in [2.45, 2.75) is 51.4 Å². The van der Waals surface area contributed by atoms with Crippen LogP contribution in [0.2, 0.25) is 0 Å². The molecule has 4 nitrogen and oxygen atoms in total. The first-order valence-electron chi connectivity index (χ1n) is 9.41. The lowest BCUT2D eigenvalue weighted by Gasteiger charge is -2.24. The number of nitrogens with one attached hydrogen (secondary N) is 1. The van der Waals surface area contributed by atoms with Crippen LogP contribution in [-0.2, 0) is 9.53 Å². The first-order valence-corrected chi connectivity index (χ1v) is 9.41. The maximum atomic E-state index is 12.8. The Kier molecular flexibility index (Phi) is 4.85. The summed E-state index contributed by atoms with van der Waals surface area (Å²) in [6.45, 7) is 2.05. The Labute approximate surface area is 154 Å². The number of ether oxygens (including phenoxy) is 1. The van der Waals surface area contributed by atoms with Gasteiger partial charge < -0.3 is 10.1 Å². The maximum Gasteiger partial charge on any atom is 0.276 e. The van der Waals surface area contributed by atoms with Crippen LogP contribution in [-0.4, -0.2) is 24.0 Å². The summed E-state index contributed by atoms with van der Waals surface area (Å²) in [4.78, 5) is 17.6. The number of hydrogen-bond donors (Lipinski definition) is 1. The Bertz CT molecular complexity index is 823. The number of benzene rings is 2. The van der Waals surface area contributed by atoms with Crippen molar-refractivity contribution in [2.24, 2.45) is 4.99 Å². The summed E-state index contributed by atoms with van der Waals surface area (Å²) < 4.78 is 6.14. The monoisotopic (exact) mass is 348 g/mol. The number of anilines is 1. The summed E-state index contributed by atoms with van der Waals surface area (Å²) in [5.41, 5.74) is 4.67. The fourth-order valence-electron chi connectivity index (χ4n) is 3.70. The van der Waals surface area contributed by atoms with Crippen LogP contribution in [0.1, 0.15) is 48.8 Å². The summed E-state index contributed by atoms with van der Waals surface area (Å²) in [6.07, 6.45) is 4.89. The molecule has 26 heavy (non-hydrogen) atoms. The van der Waals surface area contributed by atoms with E-state index in [-0.39, 0.29) is 12.0 Å². The predicted molar refractivity (Wildman–Crippen MR) is 104 cm³/mol. The molecule has 4 rings (SSSR count). The Hall–Kier alpha value is -2.46. The molecule has 1 fully saturated rings. The summed E-state index contributed by atoms with van der Waals surface area (Å²) in [6, 6.07) is 16.0. The van der Waals surface area contributed by atoms with E-state index in [1.807, 2.05) is 49.4 Å². The zero-order valence-corrected chi connectivity index (χ0v) is 15.1. The van der Waals surface area contributed by atoms with Crippen molar-refractivity contribution in [3.05, 3.63) is 65.2 Å². The first-order chi connectivity index (χ1) is 12.7. The number of carbonyl (C=O) groups excluding carboxylic acids is 1. The summed E-state index contributed by atoms with van der Waals surface area (Å²) in [5, 5.41) is 3.01. The van der Waals surface area contributed by atoms with E-state index in [1.165, 1.54) is 6.42 Å². The van der Waals surface area contributed by atoms with Gasteiger partial charge in [0.2, 0.25) is 6.23 Å². The molecular formula is C22H24N2O2. The van der Waals surface area contributed by atoms with Gasteiger partial charge in [-0.1, -0.05) is 61.2 Å². The number of benzodiazepines with no additional fused rings is 1. The molecule has 1 aliphatic heterocycles. The molecule has 0 aromatic heterocycles. The molecule has 134 valence electrons. The highest BCUT2D eigenvalue weighted by Crippen LogP contribution is 2.28. The third-order valence-corrected chi connectivity index (χ3v) is 5.08. The highest BCUT2D eigenvalue weighted by molar-refractivity contribution is 6.19. The van der Waals surface area contributed by atoms with Crippen molar-refractivity contribution in [3.8, 4) is 0 Å². The molecule has 1 amide bonds. The Balaban J connectivity index is 1.75. The SMILES string of the molecule is Cc1ccc2c(c1)C(c1ccccc1)=NC(OC1CCCCC1)C(=O)N2. The van der Waals surface area contributed by atoms with Gasteiger partial charge in [0.25, 0.3) is 5.91 Å². The molecule has 0 radical (unpaired) electrons. The molecule has 1 unspecified atom stereocenters. The lowest BCUT2D eigenvalue weighted by Crippen LogP contribution is -2.33. The molecule has 0 spiro atoms. The fraction of sp³-hybridized carbons (Fsp3) is 0.364. The Morgan fingerprint density at radius 1 is 1.04 bits per heavy atom. The third kappa shape index (κ3) is 3.56. The molecule has 4 heteroatoms. The minimum atomic E-state index is -0.805. The van der Waals surface area contributed by atoms with Crippen LogP contribution in [0, 0.1) is 6.92 Å². The van der Waals surface area contributed by atoms with E-state index in [2.05, 4.69) is 11.4 Å². The van der Waals surface area contributed by atoms with Crippen LogP contribution >= 0.6 is 0 Å². The van der Waals surface area contributed by atoms with Gasteiger partial charge in [-0.05, 0) is 31.9 Å². The van der Waals surface area contributed by atoms with Gasteiger partial charge >= 0.3 is 0 Å². The molecule has 2 aliphatic rings. The normalized spacial score (nSPS) is 20.7. The number of rotatable bonds is 3. The van der Waals surface area contributed by atoms with E-state index in [1.54, 1.807) is 0 Å². The minimum absolute atomic E-state index is 0.114. The highest BCUT2D eigenvalue weighted by Gasteiger charge is 2.29. The van der Waals surface area contributed by atoms with Crippen LogP contribution in [0.4, 0.5) is 5.69 Å². The molecule has 1 saturated carbocycles. The Morgan fingerprint density at radius 2 is 1.81 bits per heavy atom. The van der Waals surface area contributed by atoms with Gasteiger partial charge in [0.05, 0.1) is 17.5 Å². The standard InChI is InChI=1S/C22H24N2O2/c1-15-12-13-19-18(14-15)20(16-8-4-2-5-9-16)24-22(21(25)23-19)26-17-10-6-3-7-11-17/h2,4-5,8-9,12-14,17,22H,3,6-7,10-11H2,1H3,(H,23,25). The number of amides is 1. The van der Waals surface area contributed by atoms with Gasteiger partial charge in [-0.25, -0.2) is 4.99 Å². The van der Waals surface area contributed by atoms with Crippen LogP contribution < -0.4 is 5.32 Å². The lowest BCUT2D eigenvalue weighted by molar-refractivity contribution is -0.131. The topological polar surface area (TPSA) is 50.7 Å². The summed E-state index contributed by atoms with van der Waals surface area (Å²) in [5.74, 6) is -0.188. The smallest absolute Gasteiger partial charge is 0.276 e. The molecule has 2 aromatic rings. The van der Waals surface area contributed by atoms with E-state index >= 15 is 0 Å². The van der Waals surface area contributed by atoms with Crippen molar-refractivity contribution < 1.29 is 9.53 Å².